The molecule has 1 N–H and O–H groups in total. The number of aryl methyl sites for hydroxylation is 1. The van der Waals surface area contributed by atoms with Crippen molar-refractivity contribution in [3.05, 3.63) is 53.2 Å². The second-order valence-corrected chi connectivity index (χ2v) is 7.79. The topological polar surface area (TPSA) is 75.4 Å². The number of fused-ring (bicyclic) bond motifs is 2. The highest BCUT2D eigenvalue weighted by atomic mass is 19.1. The van der Waals surface area contributed by atoms with E-state index in [2.05, 4.69) is 25.3 Å². The van der Waals surface area contributed by atoms with Crippen molar-refractivity contribution in [3.8, 4) is 0 Å². The molecule has 1 aromatic carbocycles. The summed E-state index contributed by atoms with van der Waals surface area (Å²) < 4.78 is 14.9. The van der Waals surface area contributed by atoms with Gasteiger partial charge in [0.2, 0.25) is 5.91 Å². The number of carbonyl (C=O) groups is 1. The quantitative estimate of drug-likeness (QED) is 0.735. The molecule has 8 heteroatoms. The highest BCUT2D eigenvalue weighted by molar-refractivity contribution is 5.79. The minimum Gasteiger partial charge on any atom is -0.356 e. The van der Waals surface area contributed by atoms with Crippen LogP contribution in [0.25, 0.3) is 5.78 Å². The van der Waals surface area contributed by atoms with Crippen molar-refractivity contribution in [2.24, 2.45) is 5.92 Å². The van der Waals surface area contributed by atoms with Gasteiger partial charge in [-0.1, -0.05) is 12.1 Å². The molecule has 150 valence electrons. The molecule has 0 atom stereocenters. The normalized spacial score (nSPS) is 16.9. The van der Waals surface area contributed by atoms with Gasteiger partial charge in [0.25, 0.3) is 5.78 Å². The van der Waals surface area contributed by atoms with E-state index in [-0.39, 0.29) is 17.6 Å². The average Bonchev–Trinajstić information content (AvgIpc) is 3.40. The molecule has 1 fully saturated rings. The number of nitrogens with zero attached hydrogens (tertiary/aromatic N) is 5. The summed E-state index contributed by atoms with van der Waals surface area (Å²) in [6.07, 6.45) is 6.27. The number of benzene rings is 1. The number of hydrogen-bond donors (Lipinski definition) is 1. The zero-order chi connectivity index (χ0) is 19.8. The van der Waals surface area contributed by atoms with E-state index in [1.807, 2.05) is 4.52 Å². The van der Waals surface area contributed by atoms with E-state index >= 15 is 0 Å². The van der Waals surface area contributed by atoms with E-state index in [0.717, 1.165) is 62.3 Å². The predicted octanol–water partition coefficient (Wildman–Crippen LogP) is 2.28. The van der Waals surface area contributed by atoms with Crippen molar-refractivity contribution in [1.29, 1.82) is 0 Å². The molecule has 0 bridgehead atoms. The van der Waals surface area contributed by atoms with Gasteiger partial charge in [0.1, 0.15) is 18.0 Å². The average molecular weight is 394 g/mol. The van der Waals surface area contributed by atoms with Crippen LogP contribution in [0.1, 0.15) is 36.1 Å². The van der Waals surface area contributed by atoms with Crippen molar-refractivity contribution in [3.63, 3.8) is 0 Å². The lowest BCUT2D eigenvalue weighted by Gasteiger charge is -2.34. The van der Waals surface area contributed by atoms with Crippen LogP contribution in [0.5, 0.6) is 0 Å². The molecule has 1 aliphatic heterocycles. The maximum absolute atomic E-state index is 13.0. The van der Waals surface area contributed by atoms with E-state index in [0.29, 0.717) is 12.3 Å². The third kappa shape index (κ3) is 3.43. The number of rotatable bonds is 4. The second-order valence-electron chi connectivity index (χ2n) is 7.79. The lowest BCUT2D eigenvalue weighted by molar-refractivity contribution is -0.125. The predicted molar refractivity (Wildman–Crippen MR) is 106 cm³/mol. The number of anilines is 1. The smallest absolute Gasteiger partial charge is 0.254 e. The van der Waals surface area contributed by atoms with Crippen LogP contribution < -0.4 is 10.2 Å². The van der Waals surface area contributed by atoms with Crippen LogP contribution in [0.4, 0.5) is 10.2 Å². The van der Waals surface area contributed by atoms with Crippen molar-refractivity contribution in [2.75, 3.05) is 18.0 Å². The van der Waals surface area contributed by atoms with Crippen LogP contribution >= 0.6 is 0 Å². The minimum atomic E-state index is -0.267. The van der Waals surface area contributed by atoms with Crippen molar-refractivity contribution in [1.82, 2.24) is 24.9 Å². The number of piperidine rings is 1. The Hall–Kier alpha value is -3.03. The molecule has 2 aliphatic rings. The number of carbonyl (C=O) groups excluding carboxylic acids is 1. The van der Waals surface area contributed by atoms with Crippen LogP contribution in [0.15, 0.2) is 30.6 Å². The molecule has 0 radical (unpaired) electrons. The van der Waals surface area contributed by atoms with Gasteiger partial charge >= 0.3 is 0 Å². The van der Waals surface area contributed by atoms with Crippen molar-refractivity contribution in [2.45, 2.75) is 38.6 Å². The van der Waals surface area contributed by atoms with Crippen LogP contribution in [0, 0.1) is 11.7 Å². The molecule has 3 heterocycles. The first-order chi connectivity index (χ1) is 14.2. The van der Waals surface area contributed by atoms with Crippen molar-refractivity contribution >= 4 is 17.5 Å². The van der Waals surface area contributed by atoms with E-state index in [1.54, 1.807) is 18.5 Å². The van der Waals surface area contributed by atoms with Crippen LogP contribution in [0.2, 0.25) is 0 Å². The SMILES string of the molecule is O=C(NCc1ccc(F)cc1)C1CCN(c2c3c(nc4ncnn24)CCC3)CC1. The molecule has 1 saturated heterocycles. The third-order valence-corrected chi connectivity index (χ3v) is 5.97. The standard InChI is InChI=1S/C21H23FN6O/c22-16-6-4-14(5-7-16)12-23-19(29)15-8-10-27(11-9-15)20-17-2-1-3-18(17)26-21-24-13-25-28(20)21/h4-7,13,15H,1-3,8-12H2,(H,23,29). The van der Waals surface area contributed by atoms with Gasteiger partial charge in [0.05, 0.1) is 5.69 Å². The first-order valence-corrected chi connectivity index (χ1v) is 10.2. The first-order valence-electron chi connectivity index (χ1n) is 10.2. The van der Waals surface area contributed by atoms with Crippen molar-refractivity contribution < 1.29 is 9.18 Å². The number of aromatic nitrogens is 4. The molecule has 7 nitrogen and oxygen atoms in total. The fourth-order valence-corrected chi connectivity index (χ4v) is 4.42. The Balaban J connectivity index is 1.25. The molecule has 5 rings (SSSR count). The Morgan fingerprint density at radius 1 is 1.17 bits per heavy atom. The van der Waals surface area contributed by atoms with Gasteiger partial charge < -0.3 is 10.2 Å². The second kappa shape index (κ2) is 7.42. The van der Waals surface area contributed by atoms with E-state index in [9.17, 15) is 9.18 Å². The highest BCUT2D eigenvalue weighted by Crippen LogP contribution is 2.32. The number of hydrogen-bond acceptors (Lipinski definition) is 5. The Morgan fingerprint density at radius 2 is 1.97 bits per heavy atom. The Morgan fingerprint density at radius 3 is 2.76 bits per heavy atom. The molecule has 0 unspecified atom stereocenters. The Kier molecular flexibility index (Phi) is 4.61. The summed E-state index contributed by atoms with van der Waals surface area (Å²) >= 11 is 0. The fourth-order valence-electron chi connectivity index (χ4n) is 4.42. The molecule has 29 heavy (non-hydrogen) atoms. The molecule has 3 aromatic rings. The zero-order valence-corrected chi connectivity index (χ0v) is 16.1. The minimum absolute atomic E-state index is 0.00665. The maximum Gasteiger partial charge on any atom is 0.254 e. The monoisotopic (exact) mass is 394 g/mol. The van der Waals surface area contributed by atoms with Gasteiger partial charge in [0, 0.05) is 31.1 Å². The Labute approximate surface area is 168 Å². The molecule has 1 aliphatic carbocycles. The number of amides is 1. The zero-order valence-electron chi connectivity index (χ0n) is 16.1. The summed E-state index contributed by atoms with van der Waals surface area (Å²) in [5, 5.41) is 7.38. The highest BCUT2D eigenvalue weighted by Gasteiger charge is 2.30. The van der Waals surface area contributed by atoms with Gasteiger partial charge in [-0.05, 0) is 49.8 Å². The van der Waals surface area contributed by atoms with Gasteiger partial charge in [-0.25, -0.2) is 9.37 Å². The van der Waals surface area contributed by atoms with E-state index in [4.69, 9.17) is 0 Å². The van der Waals surface area contributed by atoms with Gasteiger partial charge in [-0.3, -0.25) is 4.79 Å². The molecule has 1 amide bonds. The lowest BCUT2D eigenvalue weighted by atomic mass is 9.95. The van der Waals surface area contributed by atoms with E-state index < -0.39 is 0 Å². The summed E-state index contributed by atoms with van der Waals surface area (Å²) in [5.41, 5.74) is 3.32. The van der Waals surface area contributed by atoms with Crippen LogP contribution in [-0.4, -0.2) is 38.6 Å². The summed E-state index contributed by atoms with van der Waals surface area (Å²) in [7, 11) is 0. The van der Waals surface area contributed by atoms with Gasteiger partial charge in [-0.2, -0.15) is 14.6 Å². The largest absolute Gasteiger partial charge is 0.356 e. The molecular weight excluding hydrogens is 371 g/mol. The molecule has 2 aromatic heterocycles. The van der Waals surface area contributed by atoms with Crippen LogP contribution in [0.3, 0.4) is 0 Å². The fraction of sp³-hybridized carbons (Fsp3) is 0.429. The molecular formula is C21H23FN6O. The lowest BCUT2D eigenvalue weighted by Crippen LogP contribution is -2.41. The molecule has 0 saturated carbocycles. The van der Waals surface area contributed by atoms with Gasteiger partial charge in [-0.15, -0.1) is 0 Å². The summed E-state index contributed by atoms with van der Waals surface area (Å²) in [6.45, 7) is 2.04. The first kappa shape index (κ1) is 18.0. The summed E-state index contributed by atoms with van der Waals surface area (Å²) in [6, 6.07) is 6.23. The number of nitrogens with one attached hydrogen (secondary N) is 1. The molecule has 0 spiro atoms. The van der Waals surface area contributed by atoms with Crippen LogP contribution in [-0.2, 0) is 24.2 Å². The summed E-state index contributed by atoms with van der Waals surface area (Å²) in [5.74, 6) is 1.55. The Bertz CT molecular complexity index is 1040. The third-order valence-electron chi connectivity index (χ3n) is 5.97. The summed E-state index contributed by atoms with van der Waals surface area (Å²) in [4.78, 5) is 23.9. The van der Waals surface area contributed by atoms with Gasteiger partial charge in [0.15, 0.2) is 0 Å². The van der Waals surface area contributed by atoms with E-state index in [1.165, 1.54) is 17.7 Å². The number of halogens is 1. The maximum atomic E-state index is 13.0.